The van der Waals surface area contributed by atoms with E-state index in [9.17, 15) is 14.7 Å². The molecule has 0 aliphatic carbocycles. The summed E-state index contributed by atoms with van der Waals surface area (Å²) in [5, 5.41) is 16.3. The summed E-state index contributed by atoms with van der Waals surface area (Å²) in [6.45, 7) is 5.17. The molecule has 0 radical (unpaired) electrons. The van der Waals surface area contributed by atoms with Crippen LogP contribution in [0.4, 0.5) is 15.8 Å². The first-order valence-corrected chi connectivity index (χ1v) is 14.8. The number of carboxylic acids is 1. The Bertz CT molecular complexity index is 1780. The third kappa shape index (κ3) is 5.44. The summed E-state index contributed by atoms with van der Waals surface area (Å²) in [5.41, 5.74) is 1.07. The van der Waals surface area contributed by atoms with Gasteiger partial charge in [0.05, 0.1) is 25.0 Å². The van der Waals surface area contributed by atoms with Crippen LogP contribution < -0.4 is 20.0 Å². The van der Waals surface area contributed by atoms with Gasteiger partial charge in [-0.2, -0.15) is 5.10 Å². The molecule has 1 unspecified atom stereocenters. The number of amidine groups is 1. The Kier molecular flexibility index (Phi) is 8.15. The first kappa shape index (κ1) is 29.5. The number of nitrogens with zero attached hydrogens (tertiary/aromatic N) is 7. The van der Waals surface area contributed by atoms with Crippen molar-refractivity contribution in [3.05, 3.63) is 94.3 Å². The summed E-state index contributed by atoms with van der Waals surface area (Å²) in [6, 6.07) is 16.2. The van der Waals surface area contributed by atoms with Crippen LogP contribution in [0.5, 0.6) is 5.75 Å². The number of aryl methyl sites for hydroxylation is 1. The van der Waals surface area contributed by atoms with Gasteiger partial charge in [-0.3, -0.25) is 19.6 Å². The van der Waals surface area contributed by atoms with Crippen LogP contribution in [0.1, 0.15) is 23.0 Å². The van der Waals surface area contributed by atoms with Gasteiger partial charge in [-0.15, -0.1) is 12.6 Å². The second-order valence-corrected chi connectivity index (χ2v) is 11.0. The van der Waals surface area contributed by atoms with E-state index in [-0.39, 0.29) is 10.9 Å². The standard InChI is InChI=1S/C31H32FN7O4S/c1-3-36-18-23(30(41)42)28(40)22-16-24(32)27(17-26(22)36)37-14-12-35(13-15-37)19-38-31(44)39(20-7-9-21(43-2)10-8-20)29(34-38)25-6-4-5-11-33-25/h4-11,16-18,31,44H,3,12-15,19H2,1-2H3,(H,41,42). The molecule has 6 rings (SSSR count). The predicted molar refractivity (Wildman–Crippen MR) is 170 cm³/mol. The van der Waals surface area contributed by atoms with Crippen LogP contribution in [0.25, 0.3) is 10.9 Å². The molecule has 44 heavy (non-hydrogen) atoms. The zero-order valence-electron chi connectivity index (χ0n) is 24.3. The largest absolute Gasteiger partial charge is 0.497 e. The number of halogens is 1. The summed E-state index contributed by atoms with van der Waals surface area (Å²) >= 11 is 4.95. The van der Waals surface area contributed by atoms with Crippen molar-refractivity contribution in [1.82, 2.24) is 19.5 Å². The maximum atomic E-state index is 15.4. The minimum absolute atomic E-state index is 0.0588. The van der Waals surface area contributed by atoms with Gasteiger partial charge in [0.15, 0.2) is 11.3 Å². The van der Waals surface area contributed by atoms with Crippen molar-refractivity contribution in [2.45, 2.75) is 19.0 Å². The molecule has 2 aliphatic heterocycles. The third-order valence-corrected chi connectivity index (χ3v) is 8.47. The first-order valence-electron chi connectivity index (χ1n) is 14.2. The van der Waals surface area contributed by atoms with E-state index in [1.807, 2.05) is 64.2 Å². The number of aromatic carboxylic acids is 1. The molecule has 2 aliphatic rings. The highest BCUT2D eigenvalue weighted by molar-refractivity contribution is 7.81. The van der Waals surface area contributed by atoms with Gasteiger partial charge in [0.25, 0.3) is 0 Å². The van der Waals surface area contributed by atoms with Crippen LogP contribution in [0.3, 0.4) is 0 Å². The van der Waals surface area contributed by atoms with E-state index in [0.29, 0.717) is 56.4 Å². The number of aromatic nitrogens is 2. The van der Waals surface area contributed by atoms with Crippen molar-refractivity contribution in [2.24, 2.45) is 5.10 Å². The average Bonchev–Trinajstić information content (AvgIpc) is 3.37. The number of fused-ring (bicyclic) bond motifs is 1. The van der Waals surface area contributed by atoms with Gasteiger partial charge in [-0.05, 0) is 55.5 Å². The number of thiol groups is 1. The lowest BCUT2D eigenvalue weighted by Gasteiger charge is -2.38. The van der Waals surface area contributed by atoms with E-state index < -0.39 is 22.7 Å². The molecule has 0 amide bonds. The fourth-order valence-electron chi connectivity index (χ4n) is 5.63. The zero-order chi connectivity index (χ0) is 31.0. The quantitative estimate of drug-likeness (QED) is 0.286. The predicted octanol–water partition coefficient (Wildman–Crippen LogP) is 3.74. The molecule has 2 aromatic heterocycles. The van der Waals surface area contributed by atoms with Crippen LogP contribution >= 0.6 is 12.6 Å². The molecule has 1 N–H and O–H groups in total. The highest BCUT2D eigenvalue weighted by atomic mass is 32.1. The SMILES string of the molecule is CCn1cc(C(=O)O)c(=O)c2cc(F)c(N3CCN(CN4N=C(c5ccccn5)N(c5ccc(OC)cc5)C4S)CC3)cc21. The summed E-state index contributed by atoms with van der Waals surface area (Å²) in [5.74, 6) is -0.450. The number of ether oxygens (including phenoxy) is 1. The lowest BCUT2D eigenvalue weighted by Crippen LogP contribution is -2.51. The molecule has 2 aromatic carbocycles. The lowest BCUT2D eigenvalue weighted by atomic mass is 10.1. The van der Waals surface area contributed by atoms with Crippen LogP contribution in [0.2, 0.25) is 0 Å². The highest BCUT2D eigenvalue weighted by Crippen LogP contribution is 2.31. The van der Waals surface area contributed by atoms with Crippen molar-refractivity contribution in [2.75, 3.05) is 49.8 Å². The Morgan fingerprint density at radius 3 is 2.50 bits per heavy atom. The van der Waals surface area contributed by atoms with Gasteiger partial charge >= 0.3 is 5.97 Å². The number of hydrazone groups is 1. The van der Waals surface area contributed by atoms with Crippen LogP contribution in [-0.4, -0.2) is 81.8 Å². The van der Waals surface area contributed by atoms with Crippen LogP contribution in [0.15, 0.2) is 76.9 Å². The van der Waals surface area contributed by atoms with Gasteiger partial charge in [0.2, 0.25) is 5.43 Å². The van der Waals surface area contributed by atoms with Gasteiger partial charge in [-0.25, -0.2) is 14.2 Å². The zero-order valence-corrected chi connectivity index (χ0v) is 25.2. The maximum Gasteiger partial charge on any atom is 0.341 e. The number of anilines is 2. The Morgan fingerprint density at radius 1 is 1.11 bits per heavy atom. The van der Waals surface area contributed by atoms with E-state index in [2.05, 4.69) is 9.88 Å². The molecule has 0 saturated carbocycles. The number of hydrogen-bond acceptors (Lipinski definition) is 10. The summed E-state index contributed by atoms with van der Waals surface area (Å²) in [7, 11) is 1.63. The van der Waals surface area contributed by atoms with Gasteiger partial charge in [0, 0.05) is 56.2 Å². The Labute approximate surface area is 258 Å². The van der Waals surface area contributed by atoms with Gasteiger partial charge < -0.3 is 19.3 Å². The Balaban J connectivity index is 1.20. The third-order valence-electron chi connectivity index (χ3n) is 7.97. The lowest BCUT2D eigenvalue weighted by molar-refractivity contribution is 0.0695. The minimum Gasteiger partial charge on any atom is -0.497 e. The smallest absolute Gasteiger partial charge is 0.341 e. The molecule has 4 heterocycles. The summed E-state index contributed by atoms with van der Waals surface area (Å²) in [6.07, 6.45) is 3.06. The number of rotatable bonds is 8. The van der Waals surface area contributed by atoms with Gasteiger partial charge in [0.1, 0.15) is 22.8 Å². The maximum absolute atomic E-state index is 15.4. The first-order chi connectivity index (χ1) is 21.3. The number of hydrogen-bond donors (Lipinski definition) is 2. The molecule has 0 spiro atoms. The van der Waals surface area contributed by atoms with E-state index in [1.165, 1.54) is 6.20 Å². The molecule has 13 heteroatoms. The minimum atomic E-state index is -1.33. The highest BCUT2D eigenvalue weighted by Gasteiger charge is 2.35. The molecular weight excluding hydrogens is 585 g/mol. The van der Waals surface area contributed by atoms with E-state index in [0.717, 1.165) is 23.2 Å². The fourth-order valence-corrected chi connectivity index (χ4v) is 6.00. The second-order valence-electron chi connectivity index (χ2n) is 10.5. The topological polar surface area (TPSA) is 107 Å². The fraction of sp³-hybridized carbons (Fsp3) is 0.290. The monoisotopic (exact) mass is 617 g/mol. The number of piperazine rings is 1. The van der Waals surface area contributed by atoms with E-state index >= 15 is 4.39 Å². The number of carboxylic acid groups (broad SMARTS) is 1. The number of methoxy groups -OCH3 is 1. The van der Waals surface area contributed by atoms with Crippen molar-refractivity contribution in [3.8, 4) is 5.75 Å². The average molecular weight is 618 g/mol. The summed E-state index contributed by atoms with van der Waals surface area (Å²) < 4.78 is 22.4. The Morgan fingerprint density at radius 2 is 1.86 bits per heavy atom. The van der Waals surface area contributed by atoms with Crippen molar-refractivity contribution >= 4 is 46.7 Å². The molecule has 228 valence electrons. The van der Waals surface area contributed by atoms with Crippen molar-refractivity contribution < 1.29 is 19.0 Å². The number of benzene rings is 2. The molecular formula is C31H32FN7O4S. The second kappa shape index (κ2) is 12.2. The molecule has 4 aromatic rings. The van der Waals surface area contributed by atoms with Crippen LogP contribution in [0, 0.1) is 5.82 Å². The van der Waals surface area contributed by atoms with Crippen molar-refractivity contribution in [3.63, 3.8) is 0 Å². The Hall–Kier alpha value is -4.62. The van der Waals surface area contributed by atoms with Gasteiger partial charge in [-0.1, -0.05) is 6.07 Å². The summed E-state index contributed by atoms with van der Waals surface area (Å²) in [4.78, 5) is 35.1. The normalized spacial score (nSPS) is 17.3. The van der Waals surface area contributed by atoms with E-state index in [1.54, 1.807) is 23.9 Å². The van der Waals surface area contributed by atoms with Crippen LogP contribution in [-0.2, 0) is 6.54 Å². The van der Waals surface area contributed by atoms with E-state index in [4.69, 9.17) is 22.5 Å². The van der Waals surface area contributed by atoms with Crippen molar-refractivity contribution in [1.29, 1.82) is 0 Å². The number of carbonyl (C=O) groups is 1. The molecule has 0 bridgehead atoms. The molecule has 1 saturated heterocycles. The molecule has 11 nitrogen and oxygen atoms in total. The molecule has 1 atom stereocenters. The number of pyridine rings is 2. The molecule has 1 fully saturated rings.